The van der Waals surface area contributed by atoms with Gasteiger partial charge in [0, 0.05) is 30.4 Å². The van der Waals surface area contributed by atoms with Crippen molar-refractivity contribution < 1.29 is 8.42 Å². The molecule has 1 fully saturated rings. The van der Waals surface area contributed by atoms with E-state index in [0.29, 0.717) is 41.3 Å². The summed E-state index contributed by atoms with van der Waals surface area (Å²) in [5.41, 5.74) is 4.68. The molecule has 6 rings (SSSR count). The number of piperidine rings is 1. The molecule has 0 radical (unpaired) electrons. The van der Waals surface area contributed by atoms with Gasteiger partial charge in [0.25, 0.3) is 0 Å². The zero-order valence-corrected chi connectivity index (χ0v) is 22.0. The number of nitriles is 1. The molecular formula is C30H26N6O2S. The molecule has 9 heteroatoms. The van der Waals surface area contributed by atoms with E-state index in [4.69, 9.17) is 5.10 Å². The second-order valence-corrected chi connectivity index (χ2v) is 11.4. The van der Waals surface area contributed by atoms with E-state index in [9.17, 15) is 13.7 Å². The van der Waals surface area contributed by atoms with Crippen LogP contribution in [0.3, 0.4) is 0 Å². The maximum absolute atomic E-state index is 13.4. The van der Waals surface area contributed by atoms with Crippen molar-refractivity contribution in [1.29, 1.82) is 5.26 Å². The van der Waals surface area contributed by atoms with E-state index in [1.807, 2.05) is 66.9 Å². The summed E-state index contributed by atoms with van der Waals surface area (Å²) in [4.78, 5) is 8.04. The lowest BCUT2D eigenvalue weighted by atomic mass is 10.1. The van der Waals surface area contributed by atoms with Crippen molar-refractivity contribution in [3.05, 3.63) is 96.4 Å². The lowest BCUT2D eigenvalue weighted by Crippen LogP contribution is -2.35. The summed E-state index contributed by atoms with van der Waals surface area (Å²) in [5, 5.41) is 14.9. The Morgan fingerprint density at radius 1 is 0.949 bits per heavy atom. The Morgan fingerprint density at radius 2 is 1.72 bits per heavy atom. The number of para-hydroxylation sites is 3. The minimum atomic E-state index is -3.62. The highest BCUT2D eigenvalue weighted by Crippen LogP contribution is 2.30. The molecule has 1 N–H and O–H groups in total. The largest absolute Gasteiger partial charge is 0.337 e. The van der Waals surface area contributed by atoms with Gasteiger partial charge in [-0.25, -0.2) is 18.1 Å². The molecule has 5 aromatic rings. The van der Waals surface area contributed by atoms with Crippen molar-refractivity contribution in [3.63, 3.8) is 0 Å². The normalized spacial score (nSPS) is 14.9. The lowest BCUT2D eigenvalue weighted by Gasteiger charge is -2.26. The first-order chi connectivity index (χ1) is 19.0. The first-order valence-corrected chi connectivity index (χ1v) is 14.3. The Labute approximate surface area is 226 Å². The molecule has 0 saturated carbocycles. The number of allylic oxidation sites excluding steroid dienone is 1. The van der Waals surface area contributed by atoms with Gasteiger partial charge in [0.15, 0.2) is 0 Å². The van der Waals surface area contributed by atoms with Gasteiger partial charge in [-0.2, -0.15) is 14.7 Å². The molecule has 0 unspecified atom stereocenters. The summed E-state index contributed by atoms with van der Waals surface area (Å²) in [7, 11) is -3.62. The topological polar surface area (TPSA) is 108 Å². The van der Waals surface area contributed by atoms with Crippen LogP contribution in [-0.4, -0.2) is 45.6 Å². The average Bonchev–Trinajstić information content (AvgIpc) is 3.61. The fourth-order valence-corrected chi connectivity index (χ4v) is 6.44. The third-order valence-corrected chi connectivity index (χ3v) is 8.78. The van der Waals surface area contributed by atoms with E-state index in [1.165, 1.54) is 0 Å². The first-order valence-electron chi connectivity index (χ1n) is 12.9. The number of nitrogens with zero attached hydrogens (tertiary/aromatic N) is 5. The zero-order chi connectivity index (χ0) is 26.8. The number of H-pyrrole nitrogens is 1. The molecule has 0 aliphatic carbocycles. The van der Waals surface area contributed by atoms with Gasteiger partial charge in [0.1, 0.15) is 17.6 Å². The SMILES string of the molecule is N#CC(=Cc1cn(-c2ccccc2)nc1-c1cccc(S(=O)(=O)N2CCCCC2)c1)c1nc2ccccc2[nH]1. The van der Waals surface area contributed by atoms with E-state index >= 15 is 0 Å². The molecule has 0 atom stereocenters. The van der Waals surface area contributed by atoms with Crippen LogP contribution >= 0.6 is 0 Å². The highest BCUT2D eigenvalue weighted by atomic mass is 32.2. The number of hydrogen-bond donors (Lipinski definition) is 1. The van der Waals surface area contributed by atoms with Crippen molar-refractivity contribution in [1.82, 2.24) is 24.1 Å². The van der Waals surface area contributed by atoms with Gasteiger partial charge in [-0.3, -0.25) is 0 Å². The number of benzene rings is 3. The molecule has 8 nitrogen and oxygen atoms in total. The number of aromatic nitrogens is 4. The number of imidazole rings is 1. The minimum absolute atomic E-state index is 0.240. The Balaban J connectivity index is 1.47. The number of aromatic amines is 1. The van der Waals surface area contributed by atoms with E-state index in [0.717, 1.165) is 36.0 Å². The Kier molecular flexibility index (Phi) is 6.57. The maximum Gasteiger partial charge on any atom is 0.243 e. The number of nitrogens with one attached hydrogen (secondary N) is 1. The molecule has 2 aromatic heterocycles. The number of fused-ring (bicyclic) bond motifs is 1. The predicted octanol–water partition coefficient (Wildman–Crippen LogP) is 5.65. The number of hydrogen-bond acceptors (Lipinski definition) is 5. The molecule has 0 amide bonds. The summed E-state index contributed by atoms with van der Waals surface area (Å²) in [6.07, 6.45) is 6.37. The third-order valence-electron chi connectivity index (χ3n) is 6.89. The molecule has 1 aliphatic heterocycles. The Morgan fingerprint density at radius 3 is 2.49 bits per heavy atom. The van der Waals surface area contributed by atoms with Crippen LogP contribution in [0.1, 0.15) is 30.7 Å². The highest BCUT2D eigenvalue weighted by Gasteiger charge is 2.26. The maximum atomic E-state index is 13.4. The van der Waals surface area contributed by atoms with Crippen LogP contribution in [0.5, 0.6) is 0 Å². The van der Waals surface area contributed by atoms with Gasteiger partial charge >= 0.3 is 0 Å². The molecule has 194 valence electrons. The molecule has 0 bridgehead atoms. The third kappa shape index (κ3) is 4.88. The fraction of sp³-hybridized carbons (Fsp3) is 0.167. The summed E-state index contributed by atoms with van der Waals surface area (Å²) in [6.45, 7) is 1.07. The fourth-order valence-electron chi connectivity index (χ4n) is 4.88. The van der Waals surface area contributed by atoms with Crippen LogP contribution in [0.4, 0.5) is 0 Å². The zero-order valence-electron chi connectivity index (χ0n) is 21.2. The molecule has 1 saturated heterocycles. The molecule has 1 aliphatic rings. The smallest absolute Gasteiger partial charge is 0.243 e. The van der Waals surface area contributed by atoms with Gasteiger partial charge in [0.05, 0.1) is 27.2 Å². The van der Waals surface area contributed by atoms with Crippen molar-refractivity contribution in [2.24, 2.45) is 0 Å². The summed E-state index contributed by atoms with van der Waals surface area (Å²) >= 11 is 0. The van der Waals surface area contributed by atoms with Gasteiger partial charge in [-0.05, 0) is 55.3 Å². The van der Waals surface area contributed by atoms with Crippen molar-refractivity contribution in [2.45, 2.75) is 24.2 Å². The van der Waals surface area contributed by atoms with Crippen LogP contribution in [0, 0.1) is 11.3 Å². The van der Waals surface area contributed by atoms with E-state index < -0.39 is 10.0 Å². The molecule has 3 aromatic carbocycles. The molecule has 3 heterocycles. The number of sulfonamides is 1. The van der Waals surface area contributed by atoms with Crippen LogP contribution in [0.15, 0.2) is 90.0 Å². The van der Waals surface area contributed by atoms with Crippen LogP contribution in [0.25, 0.3) is 39.6 Å². The van der Waals surface area contributed by atoms with E-state index in [1.54, 1.807) is 33.3 Å². The van der Waals surface area contributed by atoms with Crippen molar-refractivity contribution in [2.75, 3.05) is 13.1 Å². The van der Waals surface area contributed by atoms with Gasteiger partial charge in [-0.1, -0.05) is 48.9 Å². The van der Waals surface area contributed by atoms with Gasteiger partial charge < -0.3 is 4.98 Å². The minimum Gasteiger partial charge on any atom is -0.337 e. The van der Waals surface area contributed by atoms with Gasteiger partial charge in [0.2, 0.25) is 10.0 Å². The van der Waals surface area contributed by atoms with Crippen LogP contribution in [0.2, 0.25) is 0 Å². The average molecular weight is 535 g/mol. The van der Waals surface area contributed by atoms with Crippen molar-refractivity contribution in [3.8, 4) is 23.0 Å². The molecular weight excluding hydrogens is 508 g/mol. The van der Waals surface area contributed by atoms with E-state index in [2.05, 4.69) is 16.0 Å². The highest BCUT2D eigenvalue weighted by molar-refractivity contribution is 7.89. The summed E-state index contributed by atoms with van der Waals surface area (Å²) in [5.74, 6) is 0.457. The quantitative estimate of drug-likeness (QED) is 0.283. The Hall–Kier alpha value is -4.52. The van der Waals surface area contributed by atoms with Crippen molar-refractivity contribution >= 4 is 32.7 Å². The predicted molar refractivity (Wildman–Crippen MR) is 151 cm³/mol. The van der Waals surface area contributed by atoms with Gasteiger partial charge in [-0.15, -0.1) is 0 Å². The first kappa shape index (κ1) is 24.8. The second-order valence-electron chi connectivity index (χ2n) is 9.48. The Bertz CT molecular complexity index is 1790. The number of rotatable bonds is 6. The standard InChI is InChI=1S/C30H26N6O2S/c31-20-23(30-32-27-14-5-6-15-28(27)33-30)18-24-21-36(25-11-3-1-4-12-25)34-29(24)22-10-9-13-26(19-22)39(37,38)35-16-7-2-8-17-35/h1,3-6,9-15,18-19,21H,2,7-8,16-17H2,(H,32,33). The monoisotopic (exact) mass is 534 g/mol. The molecule has 39 heavy (non-hydrogen) atoms. The second kappa shape index (κ2) is 10.3. The summed E-state index contributed by atoms with van der Waals surface area (Å²) in [6, 6.07) is 26.4. The van der Waals surface area contributed by atoms with E-state index in [-0.39, 0.29) is 4.90 Å². The van der Waals surface area contributed by atoms with Crippen LogP contribution in [-0.2, 0) is 10.0 Å². The lowest BCUT2D eigenvalue weighted by molar-refractivity contribution is 0.346. The molecule has 0 spiro atoms. The van der Waals surface area contributed by atoms with Crippen LogP contribution < -0.4 is 0 Å². The summed E-state index contributed by atoms with van der Waals surface area (Å²) < 4.78 is 30.1.